The molecule has 0 saturated heterocycles. The van der Waals surface area contributed by atoms with Gasteiger partial charge in [-0.3, -0.25) is 0 Å². The van der Waals surface area contributed by atoms with Crippen LogP contribution in [0.3, 0.4) is 0 Å². The fourth-order valence-electron chi connectivity index (χ4n) is 3.92. The lowest BCUT2D eigenvalue weighted by Crippen LogP contribution is -2.56. The van der Waals surface area contributed by atoms with Gasteiger partial charge in [0.05, 0.1) is 0 Å². The highest BCUT2D eigenvalue weighted by atomic mass is 32.2. The molecule has 5 heteroatoms. The summed E-state index contributed by atoms with van der Waals surface area (Å²) in [5, 5.41) is 0. The summed E-state index contributed by atoms with van der Waals surface area (Å²) < 4.78 is 35.3. The molecule has 1 atom stereocenters. The van der Waals surface area contributed by atoms with Crippen molar-refractivity contribution in [2.24, 2.45) is 10.3 Å². The molecule has 1 aromatic carbocycles. The van der Waals surface area contributed by atoms with Gasteiger partial charge in [0, 0.05) is 6.42 Å². The third-order valence-electron chi connectivity index (χ3n) is 5.77. The Balaban J connectivity index is 1.96. The number of rotatable bonds is 3. The molecular formula is C19H27NO3S. The molecule has 0 radical (unpaired) electrons. The van der Waals surface area contributed by atoms with E-state index in [9.17, 15) is 8.42 Å². The van der Waals surface area contributed by atoms with E-state index in [4.69, 9.17) is 4.74 Å². The molecular weight excluding hydrogens is 322 g/mol. The van der Waals surface area contributed by atoms with Gasteiger partial charge in [0.1, 0.15) is 5.60 Å². The summed E-state index contributed by atoms with van der Waals surface area (Å²) in [4.78, 5) is 0. The second-order valence-electron chi connectivity index (χ2n) is 7.68. The van der Waals surface area contributed by atoms with Gasteiger partial charge in [-0.15, -0.1) is 4.40 Å². The zero-order chi connectivity index (χ0) is 17.4. The van der Waals surface area contributed by atoms with Crippen molar-refractivity contribution < 1.29 is 13.2 Å². The summed E-state index contributed by atoms with van der Waals surface area (Å²) in [6, 6.07) is 9.27. The van der Waals surface area contributed by atoms with Crippen molar-refractivity contribution in [2.75, 3.05) is 0 Å². The van der Waals surface area contributed by atoms with Crippen molar-refractivity contribution >= 4 is 15.9 Å². The molecule has 4 nitrogen and oxygen atoms in total. The number of hydrogen-bond donors (Lipinski definition) is 0. The summed E-state index contributed by atoms with van der Waals surface area (Å²) in [6.45, 7) is 5.43. The van der Waals surface area contributed by atoms with E-state index in [1.54, 1.807) is 6.92 Å². The van der Waals surface area contributed by atoms with E-state index in [0.29, 0.717) is 18.2 Å². The highest BCUT2D eigenvalue weighted by Gasteiger charge is 2.58. The van der Waals surface area contributed by atoms with E-state index in [2.05, 4.69) is 4.40 Å². The molecule has 1 aliphatic carbocycles. The van der Waals surface area contributed by atoms with Crippen LogP contribution in [0, 0.1) is 5.92 Å². The van der Waals surface area contributed by atoms with Crippen LogP contribution in [-0.4, -0.2) is 19.9 Å². The molecule has 0 N–H and O–H groups in total. The number of sulfonamides is 1. The first-order chi connectivity index (χ1) is 11.3. The standard InChI is InChI=1S/C19H27NO3S/c1-18(2)19(3,16-12-8-5-9-13-16)24(21,22)20-17(23-18)14-15-10-6-4-7-11-15/h5,8-9,12-13,15H,4,6-7,10-11,14H2,1-3H3. The highest BCUT2D eigenvalue weighted by Crippen LogP contribution is 2.46. The van der Waals surface area contributed by atoms with Gasteiger partial charge in [-0.1, -0.05) is 49.6 Å². The van der Waals surface area contributed by atoms with Crippen LogP contribution in [0.4, 0.5) is 0 Å². The molecule has 1 unspecified atom stereocenters. The van der Waals surface area contributed by atoms with Crippen LogP contribution in [0.25, 0.3) is 0 Å². The summed E-state index contributed by atoms with van der Waals surface area (Å²) in [7, 11) is -3.72. The van der Waals surface area contributed by atoms with Crippen molar-refractivity contribution in [3.63, 3.8) is 0 Å². The largest absolute Gasteiger partial charge is 0.472 e. The first kappa shape index (κ1) is 17.5. The third-order valence-corrected chi connectivity index (χ3v) is 7.98. The first-order valence-electron chi connectivity index (χ1n) is 8.84. The minimum Gasteiger partial charge on any atom is -0.472 e. The van der Waals surface area contributed by atoms with Crippen molar-refractivity contribution in [3.8, 4) is 0 Å². The molecule has 2 aliphatic rings. The van der Waals surface area contributed by atoms with Crippen LogP contribution in [0.2, 0.25) is 0 Å². The maximum atomic E-state index is 13.1. The molecule has 0 amide bonds. The lowest BCUT2D eigenvalue weighted by molar-refractivity contribution is 0.0411. The van der Waals surface area contributed by atoms with Crippen molar-refractivity contribution in [1.82, 2.24) is 0 Å². The maximum Gasteiger partial charge on any atom is 0.269 e. The predicted octanol–water partition coefficient (Wildman–Crippen LogP) is 4.41. The van der Waals surface area contributed by atoms with Crippen LogP contribution in [-0.2, 0) is 19.5 Å². The number of hydrogen-bond acceptors (Lipinski definition) is 3. The average molecular weight is 349 g/mol. The van der Waals surface area contributed by atoms with E-state index in [0.717, 1.165) is 18.4 Å². The fourth-order valence-corrected chi connectivity index (χ4v) is 5.58. The van der Waals surface area contributed by atoms with Crippen LogP contribution < -0.4 is 0 Å². The number of benzene rings is 1. The smallest absolute Gasteiger partial charge is 0.269 e. The summed E-state index contributed by atoms with van der Waals surface area (Å²) in [6.07, 6.45) is 6.62. The quantitative estimate of drug-likeness (QED) is 0.812. The Bertz CT molecular complexity index is 718. The van der Waals surface area contributed by atoms with Crippen LogP contribution in [0.1, 0.15) is 64.9 Å². The van der Waals surface area contributed by atoms with Gasteiger partial charge in [0.15, 0.2) is 4.75 Å². The Morgan fingerprint density at radius 3 is 2.29 bits per heavy atom. The molecule has 24 heavy (non-hydrogen) atoms. The van der Waals surface area contributed by atoms with E-state index in [-0.39, 0.29) is 0 Å². The summed E-state index contributed by atoms with van der Waals surface area (Å²) in [5.74, 6) is 0.880. The van der Waals surface area contributed by atoms with Crippen LogP contribution in [0.5, 0.6) is 0 Å². The minimum atomic E-state index is -3.72. The van der Waals surface area contributed by atoms with Crippen molar-refractivity contribution in [3.05, 3.63) is 35.9 Å². The van der Waals surface area contributed by atoms with Gasteiger partial charge in [0.25, 0.3) is 10.0 Å². The highest BCUT2D eigenvalue weighted by molar-refractivity contribution is 7.91. The minimum absolute atomic E-state index is 0.389. The fraction of sp³-hybridized carbons (Fsp3) is 0.632. The topological polar surface area (TPSA) is 55.7 Å². The zero-order valence-electron chi connectivity index (χ0n) is 14.8. The monoisotopic (exact) mass is 349 g/mol. The molecule has 132 valence electrons. The van der Waals surface area contributed by atoms with Gasteiger partial charge in [-0.2, -0.15) is 0 Å². The molecule has 1 heterocycles. The Hall–Kier alpha value is -1.36. The normalized spacial score (nSPS) is 29.5. The second kappa shape index (κ2) is 6.17. The van der Waals surface area contributed by atoms with Gasteiger partial charge in [0.2, 0.25) is 5.90 Å². The molecule has 0 bridgehead atoms. The average Bonchev–Trinajstić information content (AvgIpc) is 2.53. The molecule has 1 aromatic rings. The molecule has 1 aliphatic heterocycles. The third kappa shape index (κ3) is 2.87. The Morgan fingerprint density at radius 2 is 1.71 bits per heavy atom. The zero-order valence-corrected chi connectivity index (χ0v) is 15.6. The summed E-state index contributed by atoms with van der Waals surface area (Å²) >= 11 is 0. The molecule has 3 rings (SSSR count). The van der Waals surface area contributed by atoms with Gasteiger partial charge >= 0.3 is 0 Å². The molecule has 0 spiro atoms. The van der Waals surface area contributed by atoms with E-state index >= 15 is 0 Å². The van der Waals surface area contributed by atoms with Crippen LogP contribution >= 0.6 is 0 Å². The lowest BCUT2D eigenvalue weighted by Gasteiger charge is -2.45. The SMILES string of the molecule is CC1(C)OC(CC2CCCCC2)=NS(=O)(=O)C1(C)c1ccccc1. The molecule has 1 saturated carbocycles. The summed E-state index contributed by atoms with van der Waals surface area (Å²) in [5.41, 5.74) is -0.158. The molecule has 0 aromatic heterocycles. The second-order valence-corrected chi connectivity index (χ2v) is 9.63. The van der Waals surface area contributed by atoms with Crippen molar-refractivity contribution in [2.45, 2.75) is 69.6 Å². The van der Waals surface area contributed by atoms with E-state index < -0.39 is 20.4 Å². The Morgan fingerprint density at radius 1 is 1.08 bits per heavy atom. The Kier molecular flexibility index (Phi) is 4.49. The molecule has 1 fully saturated rings. The van der Waals surface area contributed by atoms with E-state index in [1.165, 1.54) is 19.3 Å². The van der Waals surface area contributed by atoms with Crippen LogP contribution in [0.15, 0.2) is 34.7 Å². The number of ether oxygens (including phenoxy) is 1. The number of nitrogens with zero attached hydrogens (tertiary/aromatic N) is 1. The predicted molar refractivity (Wildman–Crippen MR) is 96.5 cm³/mol. The van der Waals surface area contributed by atoms with Gasteiger partial charge < -0.3 is 4.74 Å². The first-order valence-corrected chi connectivity index (χ1v) is 10.3. The van der Waals surface area contributed by atoms with Crippen molar-refractivity contribution in [1.29, 1.82) is 0 Å². The van der Waals surface area contributed by atoms with Gasteiger partial charge in [-0.25, -0.2) is 8.42 Å². The lowest BCUT2D eigenvalue weighted by atomic mass is 9.84. The Labute approximate surface area is 145 Å². The van der Waals surface area contributed by atoms with Gasteiger partial charge in [-0.05, 0) is 45.1 Å². The van der Waals surface area contributed by atoms with E-state index in [1.807, 2.05) is 44.2 Å². The maximum absolute atomic E-state index is 13.1.